The molecule has 2 aliphatic rings. The molecule has 0 aliphatic carbocycles. The van der Waals surface area contributed by atoms with E-state index in [-0.39, 0.29) is 25.2 Å². The van der Waals surface area contributed by atoms with Crippen molar-refractivity contribution in [3.63, 3.8) is 0 Å². The zero-order chi connectivity index (χ0) is 17.6. The summed E-state index contributed by atoms with van der Waals surface area (Å²) in [5, 5.41) is 3.21. The number of fused-ring (bicyclic) bond motifs is 2. The highest BCUT2D eigenvalue weighted by Crippen LogP contribution is 2.40. The standard InChI is InChI=1S/C18H15ClN2O4/c1-10(22)20-17-12-4-2-3-5-14(12)21(18(17)23)8-11-6-15-16(7-13(11)19)25-9-24-15/h2-7,17H,8-9H2,1H3,(H,20,22). The third-order valence-corrected chi connectivity index (χ3v) is 4.62. The Kier molecular flexibility index (Phi) is 3.77. The molecule has 128 valence electrons. The molecular formula is C18H15ClN2O4. The predicted molar refractivity (Wildman–Crippen MR) is 91.8 cm³/mol. The normalized spacial score (nSPS) is 17.6. The number of nitrogens with zero attached hydrogens (tertiary/aromatic N) is 1. The minimum absolute atomic E-state index is 0.158. The van der Waals surface area contributed by atoms with Gasteiger partial charge in [0.15, 0.2) is 11.5 Å². The van der Waals surface area contributed by atoms with Crippen LogP contribution >= 0.6 is 11.6 Å². The van der Waals surface area contributed by atoms with Gasteiger partial charge in [-0.15, -0.1) is 0 Å². The van der Waals surface area contributed by atoms with Gasteiger partial charge in [-0.25, -0.2) is 0 Å². The summed E-state index contributed by atoms with van der Waals surface area (Å²) in [6.07, 6.45) is 0. The van der Waals surface area contributed by atoms with Crippen molar-refractivity contribution in [3.8, 4) is 11.5 Å². The zero-order valence-electron chi connectivity index (χ0n) is 13.4. The van der Waals surface area contributed by atoms with Crippen molar-refractivity contribution < 1.29 is 19.1 Å². The number of ether oxygens (including phenoxy) is 2. The summed E-state index contributed by atoms with van der Waals surface area (Å²) in [6, 6.07) is 10.2. The van der Waals surface area contributed by atoms with Gasteiger partial charge in [0, 0.05) is 29.3 Å². The van der Waals surface area contributed by atoms with E-state index in [1.807, 2.05) is 24.3 Å². The average molecular weight is 359 g/mol. The van der Waals surface area contributed by atoms with Crippen molar-refractivity contribution in [1.29, 1.82) is 0 Å². The number of halogens is 1. The highest BCUT2D eigenvalue weighted by molar-refractivity contribution is 6.31. The van der Waals surface area contributed by atoms with Crippen LogP contribution in [0.2, 0.25) is 5.02 Å². The Hall–Kier alpha value is -2.73. The van der Waals surface area contributed by atoms with Crippen molar-refractivity contribution in [3.05, 3.63) is 52.5 Å². The van der Waals surface area contributed by atoms with Gasteiger partial charge in [0.2, 0.25) is 12.7 Å². The van der Waals surface area contributed by atoms with Crippen molar-refractivity contribution in [2.45, 2.75) is 19.5 Å². The monoisotopic (exact) mass is 358 g/mol. The number of para-hydroxylation sites is 1. The minimum Gasteiger partial charge on any atom is -0.454 e. The van der Waals surface area contributed by atoms with E-state index >= 15 is 0 Å². The van der Waals surface area contributed by atoms with E-state index in [4.69, 9.17) is 21.1 Å². The van der Waals surface area contributed by atoms with E-state index in [0.29, 0.717) is 16.5 Å². The lowest BCUT2D eigenvalue weighted by Gasteiger charge is -2.19. The number of amides is 2. The zero-order valence-corrected chi connectivity index (χ0v) is 14.2. The molecule has 0 saturated heterocycles. The molecule has 0 bridgehead atoms. The van der Waals surface area contributed by atoms with E-state index in [1.54, 1.807) is 17.0 Å². The number of carbonyl (C=O) groups is 2. The molecule has 2 amide bonds. The Morgan fingerprint density at radius 2 is 2.00 bits per heavy atom. The van der Waals surface area contributed by atoms with Crippen molar-refractivity contribution in [1.82, 2.24) is 5.32 Å². The van der Waals surface area contributed by atoms with Crippen LogP contribution in [-0.4, -0.2) is 18.6 Å². The van der Waals surface area contributed by atoms with Gasteiger partial charge in [-0.3, -0.25) is 9.59 Å². The second kappa shape index (κ2) is 5.97. The second-order valence-electron chi connectivity index (χ2n) is 5.91. The fourth-order valence-electron chi connectivity index (χ4n) is 3.14. The smallest absolute Gasteiger partial charge is 0.254 e. The number of hydrogen-bond donors (Lipinski definition) is 1. The number of nitrogens with one attached hydrogen (secondary N) is 1. The Bertz CT molecular complexity index is 883. The third-order valence-electron chi connectivity index (χ3n) is 4.27. The Balaban J connectivity index is 1.69. The van der Waals surface area contributed by atoms with Gasteiger partial charge in [-0.2, -0.15) is 0 Å². The second-order valence-corrected chi connectivity index (χ2v) is 6.32. The van der Waals surface area contributed by atoms with Gasteiger partial charge in [0.05, 0.1) is 6.54 Å². The van der Waals surface area contributed by atoms with Crippen LogP contribution in [0.5, 0.6) is 11.5 Å². The molecule has 1 atom stereocenters. The lowest BCUT2D eigenvalue weighted by atomic mass is 10.1. The topological polar surface area (TPSA) is 67.9 Å². The lowest BCUT2D eigenvalue weighted by molar-refractivity contribution is -0.126. The maximum absolute atomic E-state index is 12.9. The van der Waals surface area contributed by atoms with Crippen LogP contribution in [0.15, 0.2) is 36.4 Å². The number of rotatable bonds is 3. The predicted octanol–water partition coefficient (Wildman–Crippen LogP) is 2.79. The minimum atomic E-state index is -0.679. The first-order valence-electron chi connectivity index (χ1n) is 7.80. The van der Waals surface area contributed by atoms with Crippen LogP contribution in [0.3, 0.4) is 0 Å². The summed E-state index contributed by atoms with van der Waals surface area (Å²) >= 11 is 6.34. The van der Waals surface area contributed by atoms with Gasteiger partial charge in [0.25, 0.3) is 5.91 Å². The summed E-state index contributed by atoms with van der Waals surface area (Å²) in [5.74, 6) is 0.761. The summed E-state index contributed by atoms with van der Waals surface area (Å²) in [6.45, 7) is 1.83. The summed E-state index contributed by atoms with van der Waals surface area (Å²) < 4.78 is 10.7. The first kappa shape index (κ1) is 15.8. The van der Waals surface area contributed by atoms with Crippen LogP contribution in [0.1, 0.15) is 24.1 Å². The van der Waals surface area contributed by atoms with E-state index < -0.39 is 6.04 Å². The Labute approximate surface area is 149 Å². The average Bonchev–Trinajstić information content (AvgIpc) is 3.13. The molecule has 2 aromatic rings. The van der Waals surface area contributed by atoms with Crippen LogP contribution in [0, 0.1) is 0 Å². The number of carbonyl (C=O) groups excluding carboxylic acids is 2. The molecule has 0 spiro atoms. The van der Waals surface area contributed by atoms with Crippen LogP contribution < -0.4 is 19.7 Å². The number of hydrogen-bond acceptors (Lipinski definition) is 4. The highest BCUT2D eigenvalue weighted by Gasteiger charge is 2.37. The summed E-state index contributed by atoms with van der Waals surface area (Å²) in [7, 11) is 0. The fraction of sp³-hybridized carbons (Fsp3) is 0.222. The van der Waals surface area contributed by atoms with E-state index in [9.17, 15) is 9.59 Å². The molecule has 0 saturated carbocycles. The van der Waals surface area contributed by atoms with Crippen molar-refractivity contribution in [2.75, 3.05) is 11.7 Å². The molecule has 1 N–H and O–H groups in total. The molecule has 25 heavy (non-hydrogen) atoms. The summed E-state index contributed by atoms with van der Waals surface area (Å²) in [5.41, 5.74) is 2.29. The highest BCUT2D eigenvalue weighted by atomic mass is 35.5. The van der Waals surface area contributed by atoms with Crippen LogP contribution in [0.25, 0.3) is 0 Å². The SMILES string of the molecule is CC(=O)NC1C(=O)N(Cc2cc3c(cc2Cl)OCO3)c2ccccc21. The van der Waals surface area contributed by atoms with Crippen molar-refractivity contribution in [2.24, 2.45) is 0 Å². The molecule has 7 heteroatoms. The van der Waals surface area contributed by atoms with Gasteiger partial charge < -0.3 is 19.7 Å². The quantitative estimate of drug-likeness (QED) is 0.916. The molecule has 2 aliphatic heterocycles. The summed E-state index contributed by atoms with van der Waals surface area (Å²) in [4.78, 5) is 26.0. The molecule has 0 aromatic heterocycles. The molecule has 4 rings (SSSR count). The third kappa shape index (κ3) is 2.68. The van der Waals surface area contributed by atoms with Gasteiger partial charge in [-0.05, 0) is 17.7 Å². The Morgan fingerprint density at radius 1 is 1.28 bits per heavy atom. The fourth-order valence-corrected chi connectivity index (χ4v) is 3.36. The van der Waals surface area contributed by atoms with Crippen LogP contribution in [0.4, 0.5) is 5.69 Å². The van der Waals surface area contributed by atoms with Gasteiger partial charge >= 0.3 is 0 Å². The van der Waals surface area contributed by atoms with E-state index in [2.05, 4.69) is 5.32 Å². The largest absolute Gasteiger partial charge is 0.454 e. The molecule has 6 nitrogen and oxygen atoms in total. The molecule has 0 fully saturated rings. The Morgan fingerprint density at radius 3 is 2.76 bits per heavy atom. The number of benzene rings is 2. The lowest BCUT2D eigenvalue weighted by Crippen LogP contribution is -2.36. The molecule has 0 radical (unpaired) electrons. The first-order valence-corrected chi connectivity index (χ1v) is 8.18. The number of anilines is 1. The molecule has 2 aromatic carbocycles. The first-order chi connectivity index (χ1) is 12.0. The molecule has 1 unspecified atom stereocenters. The van der Waals surface area contributed by atoms with Gasteiger partial charge in [0.1, 0.15) is 6.04 Å². The maximum Gasteiger partial charge on any atom is 0.254 e. The molecule has 2 heterocycles. The van der Waals surface area contributed by atoms with Crippen molar-refractivity contribution >= 4 is 29.1 Å². The van der Waals surface area contributed by atoms with Gasteiger partial charge in [-0.1, -0.05) is 29.8 Å². The van der Waals surface area contributed by atoms with E-state index in [1.165, 1.54) is 6.92 Å². The maximum atomic E-state index is 12.9. The molecular weight excluding hydrogens is 344 g/mol. The van der Waals surface area contributed by atoms with E-state index in [0.717, 1.165) is 16.8 Å². The van der Waals surface area contributed by atoms with Crippen LogP contribution in [-0.2, 0) is 16.1 Å².